The number of aromatic nitrogens is 1. The molecule has 0 saturated carbocycles. The van der Waals surface area contributed by atoms with Crippen molar-refractivity contribution in [2.24, 2.45) is 11.7 Å². The molecule has 3 aromatic rings. The van der Waals surface area contributed by atoms with Gasteiger partial charge in [-0.15, -0.1) is 0 Å². The van der Waals surface area contributed by atoms with Crippen molar-refractivity contribution in [3.05, 3.63) is 80.2 Å². The van der Waals surface area contributed by atoms with Crippen molar-refractivity contribution in [1.29, 1.82) is 0 Å². The first kappa shape index (κ1) is 30.4. The molecule has 1 aliphatic heterocycles. The summed E-state index contributed by atoms with van der Waals surface area (Å²) in [6.45, 7) is 0.981. The number of anilines is 1. The maximum Gasteiger partial charge on any atom is 0.395 e. The monoisotopic (exact) mass is 611 g/mol. The zero-order chi connectivity index (χ0) is 30.1. The molecule has 0 aliphatic carbocycles. The number of nitrogens with two attached hydrogens (primary N) is 1. The lowest BCUT2D eigenvalue weighted by molar-refractivity contribution is -0.181. The molecule has 13 heteroatoms. The summed E-state index contributed by atoms with van der Waals surface area (Å²) in [6.07, 6.45) is -4.24. The highest BCUT2D eigenvalue weighted by Crippen LogP contribution is 2.44. The van der Waals surface area contributed by atoms with Gasteiger partial charge in [-0.25, -0.2) is 0 Å². The highest BCUT2D eigenvalue weighted by molar-refractivity contribution is 6.44. The molecule has 1 aromatic heterocycles. The summed E-state index contributed by atoms with van der Waals surface area (Å²) < 4.78 is 53.6. The average Bonchev–Trinajstić information content (AvgIpc) is 2.90. The number of hydrogen-bond donors (Lipinski definition) is 2. The summed E-state index contributed by atoms with van der Waals surface area (Å²) in [7, 11) is 1.44. The molecule has 0 spiro atoms. The number of pyridine rings is 1. The molecular formula is C28H26Cl2F3N3O5. The molecule has 41 heavy (non-hydrogen) atoms. The minimum Gasteiger partial charge on any atom is -0.491 e. The molecular weight excluding hydrogens is 586 g/mol. The molecule has 0 bridgehead atoms. The molecule has 3 atom stereocenters. The Bertz CT molecular complexity index is 1530. The number of carbonyl (C=O) groups is 2. The van der Waals surface area contributed by atoms with Gasteiger partial charge >= 0.3 is 6.18 Å². The largest absolute Gasteiger partial charge is 0.491 e. The number of nitrogens with one attached hydrogen (secondary N) is 1. The third-order valence-corrected chi connectivity index (χ3v) is 7.70. The van der Waals surface area contributed by atoms with Crippen LogP contribution in [0.5, 0.6) is 5.75 Å². The lowest BCUT2D eigenvalue weighted by Gasteiger charge is -2.28. The van der Waals surface area contributed by atoms with Crippen molar-refractivity contribution < 1.29 is 32.2 Å². The number of fused-ring (bicyclic) bond motifs is 3. The van der Waals surface area contributed by atoms with E-state index in [0.29, 0.717) is 5.69 Å². The smallest absolute Gasteiger partial charge is 0.395 e. The minimum absolute atomic E-state index is 0.0179. The average molecular weight is 612 g/mol. The molecule has 0 fully saturated rings. The Morgan fingerprint density at radius 1 is 1.20 bits per heavy atom. The van der Waals surface area contributed by atoms with E-state index in [0.717, 1.165) is 4.57 Å². The van der Waals surface area contributed by atoms with Gasteiger partial charge in [0.1, 0.15) is 18.4 Å². The van der Waals surface area contributed by atoms with Gasteiger partial charge < -0.3 is 20.5 Å². The van der Waals surface area contributed by atoms with Crippen LogP contribution >= 0.6 is 23.2 Å². The second kappa shape index (κ2) is 12.1. The predicted molar refractivity (Wildman–Crippen MR) is 149 cm³/mol. The molecule has 3 unspecified atom stereocenters. The number of ether oxygens (including phenoxy) is 2. The van der Waals surface area contributed by atoms with Gasteiger partial charge in [0.05, 0.1) is 28.3 Å². The molecule has 2 aromatic carbocycles. The van der Waals surface area contributed by atoms with Crippen LogP contribution in [0.3, 0.4) is 0 Å². The normalized spacial score (nSPS) is 16.3. The van der Waals surface area contributed by atoms with Gasteiger partial charge in [-0.05, 0) is 49.2 Å². The number of nitrogens with zero attached hydrogens (tertiary/aromatic N) is 1. The van der Waals surface area contributed by atoms with Crippen molar-refractivity contribution >= 4 is 40.7 Å². The SMILES string of the molecule is COC(C)CC(C(=O)Nc1ccc(C(N)=O)cc1)n1cc2c(cc1=O)-c1c(ccc(Cl)c1Cl)CC(C(F)(F)F)CO2. The standard InChI is InChI=1S/C28H26Cl2F3N3O5/c1-14(40-2)9-21(27(39)35-18-6-3-15(4-7-18)26(34)38)36-12-22-19(11-23(36)37)24-16(5-8-20(29)25(24)30)10-17(13-41-22)28(31,32)33/h3-8,11-12,14,17,21H,9-10,13H2,1-2H3,(H2,34,38)(H,35,39). The number of primary amides is 1. The first-order valence-corrected chi connectivity index (χ1v) is 13.2. The molecule has 4 rings (SSSR count). The summed E-state index contributed by atoms with van der Waals surface area (Å²) in [5.74, 6) is -3.18. The first-order valence-electron chi connectivity index (χ1n) is 12.5. The summed E-state index contributed by atoms with van der Waals surface area (Å²) in [5, 5.41) is 2.77. The Morgan fingerprint density at radius 2 is 1.88 bits per heavy atom. The van der Waals surface area contributed by atoms with Crippen LogP contribution in [0.25, 0.3) is 11.1 Å². The number of rotatable bonds is 7. The van der Waals surface area contributed by atoms with Crippen LogP contribution in [-0.4, -0.2) is 42.4 Å². The van der Waals surface area contributed by atoms with Crippen LogP contribution in [0.4, 0.5) is 18.9 Å². The second-order valence-electron chi connectivity index (χ2n) is 9.67. The second-order valence-corrected chi connectivity index (χ2v) is 10.5. The van der Waals surface area contributed by atoms with E-state index in [1.807, 2.05) is 0 Å². The summed E-state index contributed by atoms with van der Waals surface area (Å²) in [4.78, 5) is 38.3. The zero-order valence-corrected chi connectivity index (χ0v) is 23.4. The Labute approximate surface area is 243 Å². The molecule has 3 N–H and O–H groups in total. The summed E-state index contributed by atoms with van der Waals surface area (Å²) in [5.41, 5.74) is 5.77. The van der Waals surface area contributed by atoms with Crippen LogP contribution in [0, 0.1) is 5.92 Å². The number of methoxy groups -OCH3 is 1. The van der Waals surface area contributed by atoms with Gasteiger partial charge in [0.15, 0.2) is 0 Å². The van der Waals surface area contributed by atoms with Crippen LogP contribution in [0.15, 0.2) is 53.5 Å². The molecule has 0 radical (unpaired) electrons. The highest BCUT2D eigenvalue weighted by atomic mass is 35.5. The van der Waals surface area contributed by atoms with Crippen molar-refractivity contribution in [1.82, 2.24) is 4.57 Å². The molecule has 2 amide bonds. The molecule has 2 heterocycles. The van der Waals surface area contributed by atoms with Crippen molar-refractivity contribution in [3.8, 4) is 16.9 Å². The molecule has 1 aliphatic rings. The van der Waals surface area contributed by atoms with E-state index < -0.39 is 54.6 Å². The zero-order valence-electron chi connectivity index (χ0n) is 21.9. The van der Waals surface area contributed by atoms with Gasteiger partial charge in [0.2, 0.25) is 11.8 Å². The third kappa shape index (κ3) is 6.69. The van der Waals surface area contributed by atoms with E-state index in [2.05, 4.69) is 5.32 Å². The van der Waals surface area contributed by atoms with Gasteiger partial charge in [-0.2, -0.15) is 13.2 Å². The van der Waals surface area contributed by atoms with Crippen LogP contribution in [0.2, 0.25) is 10.0 Å². The van der Waals surface area contributed by atoms with Gasteiger partial charge in [0.25, 0.3) is 5.56 Å². The van der Waals surface area contributed by atoms with Gasteiger partial charge in [-0.3, -0.25) is 19.0 Å². The number of benzene rings is 2. The van der Waals surface area contributed by atoms with E-state index in [1.165, 1.54) is 55.8 Å². The van der Waals surface area contributed by atoms with Crippen LogP contribution in [0.1, 0.15) is 35.3 Å². The number of amides is 2. The fourth-order valence-corrected chi connectivity index (χ4v) is 5.00. The maximum atomic E-state index is 13.9. The van der Waals surface area contributed by atoms with Crippen molar-refractivity contribution in [2.75, 3.05) is 19.0 Å². The van der Waals surface area contributed by atoms with Gasteiger partial charge in [0, 0.05) is 42.0 Å². The Morgan fingerprint density at radius 3 is 2.49 bits per heavy atom. The predicted octanol–water partition coefficient (Wildman–Crippen LogP) is 5.64. The van der Waals surface area contributed by atoms with E-state index >= 15 is 0 Å². The number of alkyl halides is 3. The molecule has 8 nitrogen and oxygen atoms in total. The van der Waals surface area contributed by atoms with E-state index in [-0.39, 0.29) is 44.5 Å². The fourth-order valence-electron chi connectivity index (χ4n) is 4.56. The van der Waals surface area contributed by atoms with Gasteiger partial charge in [-0.1, -0.05) is 29.3 Å². The number of halogens is 5. The van der Waals surface area contributed by atoms with Crippen LogP contribution < -0.4 is 21.3 Å². The summed E-state index contributed by atoms with van der Waals surface area (Å²) in [6, 6.07) is 8.68. The number of hydrogen-bond acceptors (Lipinski definition) is 5. The molecule has 218 valence electrons. The van der Waals surface area contributed by atoms with Crippen molar-refractivity contribution in [2.45, 2.75) is 38.1 Å². The molecule has 0 saturated heterocycles. The Hall–Kier alpha value is -3.54. The van der Waals surface area contributed by atoms with Crippen molar-refractivity contribution in [3.63, 3.8) is 0 Å². The highest BCUT2D eigenvalue weighted by Gasteiger charge is 2.42. The number of carbonyl (C=O) groups excluding carboxylic acids is 2. The van der Waals surface area contributed by atoms with Crippen LogP contribution in [-0.2, 0) is 16.0 Å². The lowest BCUT2D eigenvalue weighted by atomic mass is 9.90. The first-order chi connectivity index (χ1) is 19.3. The summed E-state index contributed by atoms with van der Waals surface area (Å²) >= 11 is 12.7. The Kier molecular flexibility index (Phi) is 9.00. The van der Waals surface area contributed by atoms with E-state index in [9.17, 15) is 27.6 Å². The Balaban J connectivity index is 1.81. The fraction of sp³-hybridized carbons (Fsp3) is 0.321. The van der Waals surface area contributed by atoms with E-state index in [4.69, 9.17) is 38.4 Å². The van der Waals surface area contributed by atoms with E-state index in [1.54, 1.807) is 6.92 Å². The topological polar surface area (TPSA) is 113 Å². The maximum absolute atomic E-state index is 13.9. The lowest BCUT2D eigenvalue weighted by Crippen LogP contribution is -2.36. The third-order valence-electron chi connectivity index (χ3n) is 6.90. The quantitative estimate of drug-likeness (QED) is 0.359. The minimum atomic E-state index is -4.57.